The van der Waals surface area contributed by atoms with Gasteiger partial charge in [0.15, 0.2) is 0 Å². The van der Waals surface area contributed by atoms with Crippen LogP contribution >= 0.6 is 0 Å². The summed E-state index contributed by atoms with van der Waals surface area (Å²) >= 11 is 0. The summed E-state index contributed by atoms with van der Waals surface area (Å²) in [6, 6.07) is 23.2. The summed E-state index contributed by atoms with van der Waals surface area (Å²) in [5.74, 6) is 0.932. The molecule has 0 unspecified atom stereocenters. The number of hydrogen-bond donors (Lipinski definition) is 1. The molecule has 0 aliphatic rings. The fourth-order valence-electron chi connectivity index (χ4n) is 3.15. The van der Waals surface area contributed by atoms with E-state index < -0.39 is 0 Å². The highest BCUT2D eigenvalue weighted by Gasteiger charge is 2.09. The molecule has 114 valence electrons. The van der Waals surface area contributed by atoms with Crippen LogP contribution in [0.2, 0.25) is 0 Å². The van der Waals surface area contributed by atoms with Crippen molar-refractivity contribution < 1.29 is 0 Å². The second-order valence-corrected chi connectivity index (χ2v) is 5.66. The van der Waals surface area contributed by atoms with E-state index in [1.165, 1.54) is 21.9 Å². The quantitative estimate of drug-likeness (QED) is 0.585. The van der Waals surface area contributed by atoms with Crippen molar-refractivity contribution in [2.45, 2.75) is 20.0 Å². The molecule has 4 rings (SSSR count). The molecule has 0 saturated carbocycles. The number of benzene rings is 3. The van der Waals surface area contributed by atoms with E-state index in [0.29, 0.717) is 0 Å². The Balaban J connectivity index is 1.68. The summed E-state index contributed by atoms with van der Waals surface area (Å²) < 4.78 is 2.22. The lowest BCUT2D eigenvalue weighted by Gasteiger charge is -2.10. The van der Waals surface area contributed by atoms with E-state index in [9.17, 15) is 0 Å². The predicted molar refractivity (Wildman–Crippen MR) is 96.7 cm³/mol. The molecule has 0 aliphatic carbocycles. The number of hydrogen-bond acceptors (Lipinski definition) is 2. The standard InChI is InChI=1S/C20H19N3/c1-2-23-19-13-6-5-12-18(19)22-20(23)21-14-16-10-7-9-15-8-3-4-11-17(15)16/h3-13H,2,14H2,1H3,(H,21,22). The molecule has 3 aromatic carbocycles. The van der Waals surface area contributed by atoms with Gasteiger partial charge in [0.25, 0.3) is 0 Å². The number of nitrogens with one attached hydrogen (secondary N) is 1. The fourth-order valence-corrected chi connectivity index (χ4v) is 3.15. The molecule has 1 heterocycles. The maximum atomic E-state index is 4.73. The van der Waals surface area contributed by atoms with Crippen LogP contribution in [-0.4, -0.2) is 9.55 Å². The average molecular weight is 301 g/mol. The Kier molecular flexibility index (Phi) is 3.46. The van der Waals surface area contributed by atoms with Gasteiger partial charge in [-0.3, -0.25) is 0 Å². The van der Waals surface area contributed by atoms with Crippen molar-refractivity contribution in [3.63, 3.8) is 0 Å². The zero-order valence-corrected chi connectivity index (χ0v) is 13.2. The Labute approximate surface area is 135 Å². The van der Waals surface area contributed by atoms with Gasteiger partial charge in [-0.2, -0.15) is 0 Å². The van der Waals surface area contributed by atoms with Crippen molar-refractivity contribution >= 4 is 27.8 Å². The molecular weight excluding hydrogens is 282 g/mol. The van der Waals surface area contributed by atoms with Crippen LogP contribution in [0.1, 0.15) is 12.5 Å². The summed E-state index contributed by atoms with van der Waals surface area (Å²) in [6.45, 7) is 3.82. The molecule has 0 radical (unpaired) electrons. The van der Waals surface area contributed by atoms with E-state index in [1.807, 2.05) is 6.07 Å². The lowest BCUT2D eigenvalue weighted by atomic mass is 10.0. The van der Waals surface area contributed by atoms with E-state index in [0.717, 1.165) is 24.6 Å². The topological polar surface area (TPSA) is 29.9 Å². The second kappa shape index (κ2) is 5.76. The number of nitrogens with zero attached hydrogens (tertiary/aromatic N) is 2. The lowest BCUT2D eigenvalue weighted by molar-refractivity contribution is 0.787. The SMILES string of the molecule is CCn1c(NCc2cccc3ccccc23)nc2ccccc21. The van der Waals surface area contributed by atoms with Crippen LogP contribution in [0.25, 0.3) is 21.8 Å². The zero-order chi connectivity index (χ0) is 15.6. The van der Waals surface area contributed by atoms with Crippen molar-refractivity contribution in [1.29, 1.82) is 0 Å². The van der Waals surface area contributed by atoms with Gasteiger partial charge in [-0.05, 0) is 35.4 Å². The molecule has 1 N–H and O–H groups in total. The molecule has 0 amide bonds. The molecule has 0 bridgehead atoms. The van der Waals surface area contributed by atoms with Gasteiger partial charge in [-0.15, -0.1) is 0 Å². The normalized spacial score (nSPS) is 11.2. The number of aryl methyl sites for hydroxylation is 1. The van der Waals surface area contributed by atoms with Gasteiger partial charge in [0.05, 0.1) is 11.0 Å². The molecule has 23 heavy (non-hydrogen) atoms. The van der Waals surface area contributed by atoms with Crippen molar-refractivity contribution in [2.24, 2.45) is 0 Å². The fraction of sp³-hybridized carbons (Fsp3) is 0.150. The van der Waals surface area contributed by atoms with Crippen molar-refractivity contribution in [3.05, 3.63) is 72.3 Å². The van der Waals surface area contributed by atoms with Crippen molar-refractivity contribution in [2.75, 3.05) is 5.32 Å². The Hall–Kier alpha value is -2.81. The number of aromatic nitrogens is 2. The summed E-state index contributed by atoms with van der Waals surface area (Å²) in [4.78, 5) is 4.73. The monoisotopic (exact) mass is 301 g/mol. The lowest BCUT2D eigenvalue weighted by Crippen LogP contribution is -2.07. The third kappa shape index (κ3) is 2.44. The molecule has 0 fully saturated rings. The number of fused-ring (bicyclic) bond motifs is 2. The largest absolute Gasteiger partial charge is 0.352 e. The maximum Gasteiger partial charge on any atom is 0.204 e. The molecule has 0 spiro atoms. The summed E-state index contributed by atoms with van der Waals surface area (Å²) in [6.07, 6.45) is 0. The minimum absolute atomic E-state index is 0.769. The molecule has 3 nitrogen and oxygen atoms in total. The Morgan fingerprint density at radius 1 is 0.913 bits per heavy atom. The van der Waals surface area contributed by atoms with Crippen LogP contribution < -0.4 is 5.32 Å². The molecule has 0 atom stereocenters. The van der Waals surface area contributed by atoms with E-state index in [4.69, 9.17) is 4.98 Å². The second-order valence-electron chi connectivity index (χ2n) is 5.66. The maximum absolute atomic E-state index is 4.73. The van der Waals surface area contributed by atoms with E-state index in [1.54, 1.807) is 0 Å². The van der Waals surface area contributed by atoms with Crippen LogP contribution in [-0.2, 0) is 13.1 Å². The summed E-state index contributed by atoms with van der Waals surface area (Å²) in [7, 11) is 0. The minimum atomic E-state index is 0.769. The molecule has 4 aromatic rings. The van der Waals surface area contributed by atoms with Gasteiger partial charge in [0, 0.05) is 13.1 Å². The van der Waals surface area contributed by atoms with Crippen LogP contribution in [0.5, 0.6) is 0 Å². The van der Waals surface area contributed by atoms with Gasteiger partial charge < -0.3 is 9.88 Å². The van der Waals surface area contributed by atoms with E-state index in [2.05, 4.69) is 77.5 Å². The van der Waals surface area contributed by atoms with Gasteiger partial charge in [-0.1, -0.05) is 54.6 Å². The first-order chi connectivity index (χ1) is 11.4. The number of anilines is 1. The highest BCUT2D eigenvalue weighted by molar-refractivity contribution is 5.86. The molecule has 0 saturated heterocycles. The van der Waals surface area contributed by atoms with Crippen LogP contribution in [0.15, 0.2) is 66.7 Å². The van der Waals surface area contributed by atoms with Crippen LogP contribution in [0, 0.1) is 0 Å². The number of imidazole rings is 1. The third-order valence-corrected chi connectivity index (χ3v) is 4.29. The first kappa shape index (κ1) is 13.8. The van der Waals surface area contributed by atoms with Gasteiger partial charge in [0.2, 0.25) is 5.95 Å². The zero-order valence-electron chi connectivity index (χ0n) is 13.2. The minimum Gasteiger partial charge on any atom is -0.352 e. The first-order valence-electron chi connectivity index (χ1n) is 8.02. The molecule has 3 heteroatoms. The molecular formula is C20H19N3. The van der Waals surface area contributed by atoms with Gasteiger partial charge >= 0.3 is 0 Å². The van der Waals surface area contributed by atoms with Gasteiger partial charge in [0.1, 0.15) is 0 Å². The molecule has 0 aliphatic heterocycles. The summed E-state index contributed by atoms with van der Waals surface area (Å²) in [5, 5.41) is 6.08. The van der Waals surface area contributed by atoms with Gasteiger partial charge in [-0.25, -0.2) is 4.98 Å². The van der Waals surface area contributed by atoms with Crippen LogP contribution in [0.4, 0.5) is 5.95 Å². The first-order valence-corrected chi connectivity index (χ1v) is 8.02. The smallest absolute Gasteiger partial charge is 0.204 e. The average Bonchev–Trinajstić information content (AvgIpc) is 2.97. The van der Waals surface area contributed by atoms with Crippen molar-refractivity contribution in [1.82, 2.24) is 9.55 Å². The summed E-state index contributed by atoms with van der Waals surface area (Å²) in [5.41, 5.74) is 3.50. The highest BCUT2D eigenvalue weighted by Crippen LogP contribution is 2.22. The third-order valence-electron chi connectivity index (χ3n) is 4.29. The Bertz CT molecular complexity index is 964. The number of para-hydroxylation sites is 2. The molecule has 1 aromatic heterocycles. The Morgan fingerprint density at radius 2 is 1.70 bits per heavy atom. The Morgan fingerprint density at radius 3 is 2.61 bits per heavy atom. The number of rotatable bonds is 4. The predicted octanol–water partition coefficient (Wildman–Crippen LogP) is 4.82. The van der Waals surface area contributed by atoms with Crippen molar-refractivity contribution in [3.8, 4) is 0 Å². The highest BCUT2D eigenvalue weighted by atomic mass is 15.2. The van der Waals surface area contributed by atoms with Crippen LogP contribution in [0.3, 0.4) is 0 Å². The van der Waals surface area contributed by atoms with E-state index >= 15 is 0 Å². The van der Waals surface area contributed by atoms with E-state index in [-0.39, 0.29) is 0 Å².